The Kier molecular flexibility index (Phi) is 4.19. The first-order valence-corrected chi connectivity index (χ1v) is 6.60. The maximum Gasteiger partial charge on any atom is 0.241 e. The average molecular weight is 264 g/mol. The largest absolute Gasteiger partial charge is 0.347 e. The fourth-order valence-electron chi connectivity index (χ4n) is 2.38. The molecule has 0 aliphatic carbocycles. The van der Waals surface area contributed by atoms with Gasteiger partial charge in [-0.1, -0.05) is 0 Å². The van der Waals surface area contributed by atoms with Gasteiger partial charge in [-0.05, 0) is 19.8 Å². The van der Waals surface area contributed by atoms with Crippen LogP contribution in [0.5, 0.6) is 0 Å². The quantitative estimate of drug-likeness (QED) is 0.837. The predicted octanol–water partition coefficient (Wildman–Crippen LogP) is 0.560. The van der Waals surface area contributed by atoms with E-state index in [9.17, 15) is 9.59 Å². The molecule has 6 nitrogen and oxygen atoms in total. The van der Waals surface area contributed by atoms with Gasteiger partial charge in [0.2, 0.25) is 11.8 Å². The number of rotatable bonds is 3. The molecule has 1 aliphatic heterocycles. The number of nitrogens with zero attached hydrogens (tertiary/aromatic N) is 2. The van der Waals surface area contributed by atoms with Crippen molar-refractivity contribution in [3.8, 4) is 0 Å². The van der Waals surface area contributed by atoms with Crippen LogP contribution in [0.2, 0.25) is 0 Å². The van der Waals surface area contributed by atoms with Gasteiger partial charge < -0.3 is 15.2 Å². The van der Waals surface area contributed by atoms with Crippen LogP contribution in [-0.4, -0.2) is 46.3 Å². The molecule has 1 aromatic rings. The summed E-state index contributed by atoms with van der Waals surface area (Å²) in [4.78, 5) is 32.2. The maximum atomic E-state index is 12.0. The van der Waals surface area contributed by atoms with Crippen molar-refractivity contribution >= 4 is 11.8 Å². The van der Waals surface area contributed by atoms with Gasteiger partial charge >= 0.3 is 0 Å². The molecule has 2 N–H and O–H groups in total. The number of aromatic nitrogens is 2. The topological polar surface area (TPSA) is 78.1 Å². The molecule has 0 saturated carbocycles. The molecule has 1 atom stereocenters. The molecule has 1 aliphatic rings. The van der Waals surface area contributed by atoms with E-state index < -0.39 is 0 Å². The average Bonchev–Trinajstić information content (AvgIpc) is 2.83. The number of amides is 2. The third kappa shape index (κ3) is 3.56. The molecule has 104 valence electrons. The van der Waals surface area contributed by atoms with Gasteiger partial charge in [-0.15, -0.1) is 0 Å². The van der Waals surface area contributed by atoms with Crippen molar-refractivity contribution in [2.24, 2.45) is 0 Å². The summed E-state index contributed by atoms with van der Waals surface area (Å²) in [6.45, 7) is 4.90. The highest BCUT2D eigenvalue weighted by atomic mass is 16.2. The molecular formula is C13H20N4O2. The number of piperidine rings is 1. The monoisotopic (exact) mass is 264 g/mol. The highest BCUT2D eigenvalue weighted by Gasteiger charge is 2.26. The van der Waals surface area contributed by atoms with E-state index in [0.29, 0.717) is 6.54 Å². The molecular weight excluding hydrogens is 244 g/mol. The molecule has 1 saturated heterocycles. The number of aromatic amines is 1. The van der Waals surface area contributed by atoms with Crippen LogP contribution >= 0.6 is 0 Å². The second-order valence-electron chi connectivity index (χ2n) is 5.04. The van der Waals surface area contributed by atoms with E-state index >= 15 is 0 Å². The van der Waals surface area contributed by atoms with Crippen LogP contribution in [0, 0.1) is 6.92 Å². The van der Waals surface area contributed by atoms with Crippen molar-refractivity contribution in [2.45, 2.75) is 32.6 Å². The summed E-state index contributed by atoms with van der Waals surface area (Å²) >= 11 is 0. The van der Waals surface area contributed by atoms with Crippen LogP contribution in [0.15, 0.2) is 6.20 Å². The molecule has 1 unspecified atom stereocenters. The van der Waals surface area contributed by atoms with Crippen molar-refractivity contribution in [1.29, 1.82) is 0 Å². The van der Waals surface area contributed by atoms with Crippen LogP contribution in [0.4, 0.5) is 0 Å². The molecule has 6 heteroatoms. The molecule has 19 heavy (non-hydrogen) atoms. The molecule has 2 amide bonds. The Balaban J connectivity index is 1.93. The van der Waals surface area contributed by atoms with Crippen molar-refractivity contribution in [1.82, 2.24) is 20.2 Å². The van der Waals surface area contributed by atoms with Crippen molar-refractivity contribution in [3.63, 3.8) is 0 Å². The molecule has 1 aromatic heterocycles. The SMILES string of the molecule is CC(=O)NCC(=O)N1CCCC(c2ncc(C)[nH]2)C1. The van der Waals surface area contributed by atoms with Crippen LogP contribution in [-0.2, 0) is 9.59 Å². The minimum atomic E-state index is -0.177. The lowest BCUT2D eigenvalue weighted by Gasteiger charge is -2.32. The number of nitrogens with one attached hydrogen (secondary N) is 2. The Morgan fingerprint density at radius 1 is 1.58 bits per heavy atom. The van der Waals surface area contributed by atoms with Gasteiger partial charge in [0, 0.05) is 37.8 Å². The third-order valence-corrected chi connectivity index (χ3v) is 3.37. The molecule has 1 fully saturated rings. The lowest BCUT2D eigenvalue weighted by molar-refractivity contribution is -0.133. The molecule has 2 rings (SSSR count). The summed E-state index contributed by atoms with van der Waals surface area (Å²) in [6.07, 6.45) is 3.82. The van der Waals surface area contributed by atoms with E-state index in [0.717, 1.165) is 30.9 Å². The van der Waals surface area contributed by atoms with Gasteiger partial charge in [0.1, 0.15) is 5.82 Å². The minimum Gasteiger partial charge on any atom is -0.347 e. The fourth-order valence-corrected chi connectivity index (χ4v) is 2.38. The smallest absolute Gasteiger partial charge is 0.241 e. The fraction of sp³-hybridized carbons (Fsp3) is 0.615. The van der Waals surface area contributed by atoms with Crippen LogP contribution < -0.4 is 5.32 Å². The number of aryl methyl sites for hydroxylation is 1. The molecule has 2 heterocycles. The Morgan fingerprint density at radius 3 is 3.00 bits per heavy atom. The predicted molar refractivity (Wildman–Crippen MR) is 70.6 cm³/mol. The molecule has 0 spiro atoms. The Hall–Kier alpha value is -1.85. The van der Waals surface area contributed by atoms with Gasteiger partial charge in [-0.25, -0.2) is 4.98 Å². The second-order valence-corrected chi connectivity index (χ2v) is 5.04. The zero-order valence-electron chi connectivity index (χ0n) is 11.4. The summed E-state index contributed by atoms with van der Waals surface area (Å²) in [5.41, 5.74) is 1.04. The van der Waals surface area contributed by atoms with E-state index in [-0.39, 0.29) is 24.3 Å². The number of hydrogen-bond acceptors (Lipinski definition) is 3. The number of carbonyl (C=O) groups is 2. The zero-order chi connectivity index (χ0) is 13.8. The highest BCUT2D eigenvalue weighted by molar-refractivity contribution is 5.83. The Bertz CT molecular complexity index is 469. The van der Waals surface area contributed by atoms with Crippen molar-refractivity contribution in [3.05, 3.63) is 17.7 Å². The van der Waals surface area contributed by atoms with Crippen LogP contribution in [0.3, 0.4) is 0 Å². The molecule has 0 bridgehead atoms. The standard InChI is InChI=1S/C13H20N4O2/c1-9-6-15-13(16-9)11-4-3-5-17(8-11)12(19)7-14-10(2)18/h6,11H,3-5,7-8H2,1-2H3,(H,14,18)(H,15,16). The zero-order valence-corrected chi connectivity index (χ0v) is 11.4. The molecule has 0 radical (unpaired) electrons. The van der Waals surface area contributed by atoms with Crippen LogP contribution in [0.25, 0.3) is 0 Å². The lowest BCUT2D eigenvalue weighted by atomic mass is 9.97. The summed E-state index contributed by atoms with van der Waals surface area (Å²) in [5, 5.41) is 2.55. The van der Waals surface area contributed by atoms with E-state index in [1.807, 2.05) is 18.0 Å². The van der Waals surface area contributed by atoms with Gasteiger partial charge in [0.25, 0.3) is 0 Å². The number of imidazole rings is 1. The van der Waals surface area contributed by atoms with E-state index in [1.54, 1.807) is 0 Å². The lowest BCUT2D eigenvalue weighted by Crippen LogP contribution is -2.44. The first kappa shape index (κ1) is 13.6. The highest BCUT2D eigenvalue weighted by Crippen LogP contribution is 2.24. The van der Waals surface area contributed by atoms with Gasteiger partial charge in [0.15, 0.2) is 0 Å². The van der Waals surface area contributed by atoms with Gasteiger partial charge in [-0.3, -0.25) is 9.59 Å². The number of carbonyl (C=O) groups excluding carboxylic acids is 2. The first-order chi connectivity index (χ1) is 9.06. The second kappa shape index (κ2) is 5.86. The summed E-state index contributed by atoms with van der Waals surface area (Å²) < 4.78 is 0. The van der Waals surface area contributed by atoms with E-state index in [2.05, 4.69) is 15.3 Å². The Labute approximate surface area is 112 Å². The normalized spacial score (nSPS) is 19.3. The van der Waals surface area contributed by atoms with Crippen molar-refractivity contribution in [2.75, 3.05) is 19.6 Å². The van der Waals surface area contributed by atoms with Crippen molar-refractivity contribution < 1.29 is 9.59 Å². The first-order valence-electron chi connectivity index (χ1n) is 6.60. The summed E-state index contributed by atoms with van der Waals surface area (Å²) in [6, 6.07) is 0. The summed E-state index contributed by atoms with van der Waals surface area (Å²) in [5.74, 6) is 1.02. The Morgan fingerprint density at radius 2 is 2.37 bits per heavy atom. The van der Waals surface area contributed by atoms with E-state index in [1.165, 1.54) is 6.92 Å². The van der Waals surface area contributed by atoms with Gasteiger partial charge in [-0.2, -0.15) is 0 Å². The summed E-state index contributed by atoms with van der Waals surface area (Å²) in [7, 11) is 0. The third-order valence-electron chi connectivity index (χ3n) is 3.37. The number of hydrogen-bond donors (Lipinski definition) is 2. The van der Waals surface area contributed by atoms with E-state index in [4.69, 9.17) is 0 Å². The van der Waals surface area contributed by atoms with Crippen LogP contribution in [0.1, 0.15) is 37.2 Å². The minimum absolute atomic E-state index is 0.0248. The maximum absolute atomic E-state index is 12.0. The van der Waals surface area contributed by atoms with Gasteiger partial charge in [0.05, 0.1) is 6.54 Å². The number of likely N-dealkylation sites (tertiary alicyclic amines) is 1. The number of H-pyrrole nitrogens is 1. The molecule has 0 aromatic carbocycles.